The molecule has 0 saturated heterocycles. The van der Waals surface area contributed by atoms with Crippen LogP contribution in [0.15, 0.2) is 66.4 Å². The van der Waals surface area contributed by atoms with Crippen molar-refractivity contribution < 1.29 is 4.79 Å². The normalized spacial score (nSPS) is 10.9. The number of rotatable bonds is 5. The zero-order valence-corrected chi connectivity index (χ0v) is 14.2. The molecule has 5 nitrogen and oxygen atoms in total. The third kappa shape index (κ3) is 3.29. The highest BCUT2D eigenvalue weighted by atomic mass is 32.1. The van der Waals surface area contributed by atoms with Crippen LogP contribution in [-0.2, 0) is 17.9 Å². The summed E-state index contributed by atoms with van der Waals surface area (Å²) >= 11 is 1.65. The molecule has 0 spiro atoms. The SMILES string of the molecule is O=C(Cn1c(-c2cccs2)cc2cccnc21)NCc1cccnc1. The van der Waals surface area contributed by atoms with Gasteiger partial charge < -0.3 is 9.88 Å². The average molecular weight is 348 g/mol. The average Bonchev–Trinajstić information content (AvgIpc) is 3.29. The van der Waals surface area contributed by atoms with Gasteiger partial charge in [-0.2, -0.15) is 0 Å². The molecule has 4 heterocycles. The van der Waals surface area contributed by atoms with Crippen LogP contribution in [0.3, 0.4) is 0 Å². The molecule has 0 radical (unpaired) electrons. The Morgan fingerprint density at radius 2 is 2.08 bits per heavy atom. The highest BCUT2D eigenvalue weighted by Crippen LogP contribution is 2.30. The van der Waals surface area contributed by atoms with Crippen molar-refractivity contribution in [3.8, 4) is 10.6 Å². The van der Waals surface area contributed by atoms with E-state index in [4.69, 9.17) is 0 Å². The van der Waals surface area contributed by atoms with Crippen molar-refractivity contribution in [1.82, 2.24) is 19.9 Å². The van der Waals surface area contributed by atoms with Gasteiger partial charge in [0.2, 0.25) is 5.91 Å². The third-order valence-corrected chi connectivity index (χ3v) is 4.84. The van der Waals surface area contributed by atoms with Gasteiger partial charge >= 0.3 is 0 Å². The van der Waals surface area contributed by atoms with Crippen LogP contribution < -0.4 is 5.32 Å². The number of aromatic nitrogens is 3. The molecule has 1 N–H and O–H groups in total. The fourth-order valence-corrected chi connectivity index (χ4v) is 3.53. The molecule has 6 heteroatoms. The summed E-state index contributed by atoms with van der Waals surface area (Å²) in [4.78, 5) is 22.1. The molecule has 25 heavy (non-hydrogen) atoms. The van der Waals surface area contributed by atoms with E-state index in [2.05, 4.69) is 27.4 Å². The Morgan fingerprint density at radius 3 is 2.88 bits per heavy atom. The predicted octanol–water partition coefficient (Wildman–Crippen LogP) is 3.48. The van der Waals surface area contributed by atoms with Gasteiger partial charge in [-0.25, -0.2) is 4.98 Å². The fourth-order valence-electron chi connectivity index (χ4n) is 2.78. The maximum Gasteiger partial charge on any atom is 0.240 e. The first-order valence-corrected chi connectivity index (χ1v) is 8.83. The molecule has 0 aliphatic heterocycles. The Labute approximate surface area is 149 Å². The summed E-state index contributed by atoms with van der Waals surface area (Å²) in [5.41, 5.74) is 2.81. The van der Waals surface area contributed by atoms with E-state index in [-0.39, 0.29) is 12.5 Å². The Kier molecular flexibility index (Phi) is 4.26. The van der Waals surface area contributed by atoms with Crippen molar-refractivity contribution in [1.29, 1.82) is 0 Å². The van der Waals surface area contributed by atoms with Crippen molar-refractivity contribution in [3.05, 3.63) is 72.0 Å². The van der Waals surface area contributed by atoms with Gasteiger partial charge in [-0.1, -0.05) is 12.1 Å². The minimum Gasteiger partial charge on any atom is -0.350 e. The minimum absolute atomic E-state index is 0.0511. The van der Waals surface area contributed by atoms with Gasteiger partial charge in [0.15, 0.2) is 0 Å². The number of hydrogen-bond acceptors (Lipinski definition) is 4. The number of hydrogen-bond donors (Lipinski definition) is 1. The predicted molar refractivity (Wildman–Crippen MR) is 99.1 cm³/mol. The van der Waals surface area contributed by atoms with E-state index in [1.54, 1.807) is 29.9 Å². The van der Waals surface area contributed by atoms with Gasteiger partial charge in [-0.05, 0) is 41.3 Å². The first kappa shape index (κ1) is 15.5. The highest BCUT2D eigenvalue weighted by molar-refractivity contribution is 7.13. The number of carbonyl (C=O) groups excluding carboxylic acids is 1. The molecule has 0 bridgehead atoms. The van der Waals surface area contributed by atoms with Crippen LogP contribution in [0.2, 0.25) is 0 Å². The van der Waals surface area contributed by atoms with Gasteiger partial charge in [0.05, 0.1) is 10.6 Å². The molecular weight excluding hydrogens is 332 g/mol. The molecule has 4 aromatic heterocycles. The summed E-state index contributed by atoms with van der Waals surface area (Å²) in [5.74, 6) is -0.0511. The Hall–Kier alpha value is -2.99. The molecule has 0 aromatic carbocycles. The van der Waals surface area contributed by atoms with E-state index in [1.165, 1.54) is 0 Å². The van der Waals surface area contributed by atoms with Gasteiger partial charge in [0.1, 0.15) is 12.2 Å². The second kappa shape index (κ2) is 6.86. The Bertz CT molecular complexity index is 993. The van der Waals surface area contributed by atoms with Crippen molar-refractivity contribution >= 4 is 28.3 Å². The van der Waals surface area contributed by atoms with Gasteiger partial charge in [0, 0.05) is 30.5 Å². The standard InChI is InChI=1S/C19H16N4OS/c24-18(22-12-14-4-1-7-20-11-14)13-23-16(17-6-3-9-25-17)10-15-5-2-8-21-19(15)23/h1-11H,12-13H2,(H,22,24). The smallest absolute Gasteiger partial charge is 0.240 e. The summed E-state index contributed by atoms with van der Waals surface area (Å²) in [5, 5.41) is 6.02. The number of nitrogens with zero attached hydrogens (tertiary/aromatic N) is 3. The van der Waals surface area contributed by atoms with E-state index in [1.807, 2.05) is 40.3 Å². The number of fused-ring (bicyclic) bond motifs is 1. The van der Waals surface area contributed by atoms with Crippen molar-refractivity contribution in [2.24, 2.45) is 0 Å². The van der Waals surface area contributed by atoms with Crippen molar-refractivity contribution in [2.45, 2.75) is 13.1 Å². The summed E-state index contributed by atoms with van der Waals surface area (Å²) in [6, 6.07) is 13.9. The van der Waals surface area contributed by atoms with Gasteiger partial charge in [-0.15, -0.1) is 11.3 Å². The maximum atomic E-state index is 12.5. The minimum atomic E-state index is -0.0511. The highest BCUT2D eigenvalue weighted by Gasteiger charge is 2.15. The summed E-state index contributed by atoms with van der Waals surface area (Å²) in [6.07, 6.45) is 5.23. The van der Waals surface area contributed by atoms with Crippen LogP contribution >= 0.6 is 11.3 Å². The number of nitrogens with one attached hydrogen (secondary N) is 1. The molecule has 0 fully saturated rings. The van der Waals surface area contributed by atoms with Crippen molar-refractivity contribution in [3.63, 3.8) is 0 Å². The second-order valence-electron chi connectivity index (χ2n) is 5.65. The second-order valence-corrected chi connectivity index (χ2v) is 6.59. The monoisotopic (exact) mass is 348 g/mol. The molecule has 0 saturated carbocycles. The number of carbonyl (C=O) groups is 1. The zero-order chi connectivity index (χ0) is 17.1. The van der Waals surface area contributed by atoms with Crippen molar-refractivity contribution in [2.75, 3.05) is 0 Å². The lowest BCUT2D eigenvalue weighted by Gasteiger charge is -2.10. The largest absolute Gasteiger partial charge is 0.350 e. The van der Waals surface area contributed by atoms with E-state index < -0.39 is 0 Å². The fraction of sp³-hybridized carbons (Fsp3) is 0.105. The van der Waals surface area contributed by atoms with Crippen LogP contribution in [0.5, 0.6) is 0 Å². The van der Waals surface area contributed by atoms with Crippen LogP contribution in [-0.4, -0.2) is 20.4 Å². The summed E-state index contributed by atoms with van der Waals surface area (Å²) in [6.45, 7) is 0.696. The number of amides is 1. The van der Waals surface area contributed by atoms with Crippen LogP contribution in [0.4, 0.5) is 0 Å². The Morgan fingerprint density at radius 1 is 1.16 bits per heavy atom. The van der Waals surface area contributed by atoms with Crippen LogP contribution in [0, 0.1) is 0 Å². The van der Waals surface area contributed by atoms with E-state index in [0.29, 0.717) is 6.54 Å². The van der Waals surface area contributed by atoms with Gasteiger partial charge in [0.25, 0.3) is 0 Å². The lowest BCUT2D eigenvalue weighted by Crippen LogP contribution is -2.27. The topological polar surface area (TPSA) is 59.8 Å². The molecule has 0 atom stereocenters. The molecular formula is C19H16N4OS. The van der Waals surface area contributed by atoms with Gasteiger partial charge in [-0.3, -0.25) is 9.78 Å². The molecule has 0 aliphatic rings. The molecule has 124 valence electrons. The molecule has 0 aliphatic carbocycles. The third-order valence-electron chi connectivity index (χ3n) is 3.94. The lowest BCUT2D eigenvalue weighted by atomic mass is 10.3. The lowest BCUT2D eigenvalue weighted by molar-refractivity contribution is -0.121. The summed E-state index contributed by atoms with van der Waals surface area (Å²) in [7, 11) is 0. The molecule has 1 amide bonds. The van der Waals surface area contributed by atoms with Crippen LogP contribution in [0.25, 0.3) is 21.6 Å². The quantitative estimate of drug-likeness (QED) is 0.601. The Balaban J connectivity index is 1.60. The number of thiophene rings is 1. The zero-order valence-electron chi connectivity index (χ0n) is 13.4. The summed E-state index contributed by atoms with van der Waals surface area (Å²) < 4.78 is 1.97. The van der Waals surface area contributed by atoms with E-state index in [0.717, 1.165) is 27.2 Å². The number of pyridine rings is 2. The molecule has 4 rings (SSSR count). The van der Waals surface area contributed by atoms with E-state index in [9.17, 15) is 4.79 Å². The van der Waals surface area contributed by atoms with E-state index >= 15 is 0 Å². The maximum absolute atomic E-state index is 12.5. The first-order chi connectivity index (χ1) is 12.3. The molecule has 0 unspecified atom stereocenters. The van der Waals surface area contributed by atoms with Crippen LogP contribution in [0.1, 0.15) is 5.56 Å². The molecule has 4 aromatic rings. The first-order valence-electron chi connectivity index (χ1n) is 7.95.